The Bertz CT molecular complexity index is 1100. The number of halogens is 2. The molecule has 0 bridgehead atoms. The Morgan fingerprint density at radius 3 is 2.52 bits per heavy atom. The maximum absolute atomic E-state index is 13.2. The molecular weight excluding hydrogens is 515 g/mol. The van der Waals surface area contributed by atoms with Crippen molar-refractivity contribution in [3.63, 3.8) is 0 Å². The molecule has 1 fully saturated rings. The molecule has 0 aliphatic carbocycles. The largest absolute Gasteiger partial charge is 0.490 e. The lowest BCUT2D eigenvalue weighted by Crippen LogP contribution is -2.28. The SMILES string of the molecule is CCOc1cc(/C=C2/SC(=Nc3ccc(F)cc3)N(CC)C2=O)c(Br)cc1OCC(=O)OC. The number of ether oxygens (including phenoxy) is 3. The zero-order chi connectivity index (χ0) is 24.0. The molecule has 1 amide bonds. The highest BCUT2D eigenvalue weighted by Crippen LogP contribution is 2.38. The summed E-state index contributed by atoms with van der Waals surface area (Å²) in [6, 6.07) is 9.16. The van der Waals surface area contributed by atoms with Gasteiger partial charge in [0, 0.05) is 11.0 Å². The molecule has 1 heterocycles. The second kappa shape index (κ2) is 11.3. The van der Waals surface area contributed by atoms with Crippen LogP contribution in [0.4, 0.5) is 10.1 Å². The van der Waals surface area contributed by atoms with Gasteiger partial charge in [0.05, 0.1) is 24.3 Å². The molecule has 0 atom stereocenters. The molecule has 0 aromatic heterocycles. The Morgan fingerprint density at radius 2 is 1.88 bits per heavy atom. The highest BCUT2D eigenvalue weighted by molar-refractivity contribution is 9.10. The number of esters is 1. The molecule has 0 spiro atoms. The van der Waals surface area contributed by atoms with Gasteiger partial charge in [0.2, 0.25) is 0 Å². The molecule has 0 saturated carbocycles. The first-order valence-electron chi connectivity index (χ1n) is 10.1. The molecule has 0 radical (unpaired) electrons. The van der Waals surface area contributed by atoms with Crippen LogP contribution in [-0.4, -0.2) is 48.8 Å². The molecule has 2 aromatic rings. The van der Waals surface area contributed by atoms with E-state index in [1.165, 1.54) is 31.0 Å². The minimum atomic E-state index is -0.514. The number of rotatable bonds is 8. The molecule has 1 aliphatic rings. The van der Waals surface area contributed by atoms with E-state index in [4.69, 9.17) is 9.47 Å². The van der Waals surface area contributed by atoms with Crippen LogP contribution in [-0.2, 0) is 14.3 Å². The lowest BCUT2D eigenvalue weighted by molar-refractivity contribution is -0.142. The van der Waals surface area contributed by atoms with Gasteiger partial charge in [0.1, 0.15) is 5.82 Å². The summed E-state index contributed by atoms with van der Waals surface area (Å²) >= 11 is 4.73. The molecule has 33 heavy (non-hydrogen) atoms. The Hall–Kier alpha value is -2.85. The van der Waals surface area contributed by atoms with Crippen molar-refractivity contribution >= 4 is 56.5 Å². The maximum Gasteiger partial charge on any atom is 0.343 e. The molecule has 7 nitrogen and oxygen atoms in total. The van der Waals surface area contributed by atoms with Crippen molar-refractivity contribution < 1.29 is 28.2 Å². The fraction of sp³-hybridized carbons (Fsp3) is 0.261. The summed E-state index contributed by atoms with van der Waals surface area (Å²) < 4.78 is 29.6. The summed E-state index contributed by atoms with van der Waals surface area (Å²) in [4.78, 5) is 30.9. The fourth-order valence-electron chi connectivity index (χ4n) is 2.88. The van der Waals surface area contributed by atoms with Crippen LogP contribution in [0.15, 0.2) is 50.8 Å². The number of nitrogens with zero attached hydrogens (tertiary/aromatic N) is 2. The summed E-state index contributed by atoms with van der Waals surface area (Å²) in [6.45, 7) is 4.26. The van der Waals surface area contributed by atoms with Gasteiger partial charge in [-0.2, -0.15) is 0 Å². The molecule has 174 valence electrons. The molecule has 10 heteroatoms. The number of likely N-dealkylation sites (N-methyl/N-ethyl adjacent to an activating group) is 1. The van der Waals surface area contributed by atoms with E-state index in [9.17, 15) is 14.0 Å². The van der Waals surface area contributed by atoms with Crippen LogP contribution in [0.25, 0.3) is 6.08 Å². The van der Waals surface area contributed by atoms with Crippen LogP contribution in [0.5, 0.6) is 11.5 Å². The quantitative estimate of drug-likeness (QED) is 0.342. The van der Waals surface area contributed by atoms with Crippen LogP contribution in [0.2, 0.25) is 0 Å². The van der Waals surface area contributed by atoms with Crippen LogP contribution >= 0.6 is 27.7 Å². The maximum atomic E-state index is 13.2. The summed E-state index contributed by atoms with van der Waals surface area (Å²) in [6.07, 6.45) is 1.74. The van der Waals surface area contributed by atoms with E-state index < -0.39 is 5.97 Å². The summed E-state index contributed by atoms with van der Waals surface area (Å²) in [7, 11) is 1.28. The summed E-state index contributed by atoms with van der Waals surface area (Å²) in [5.41, 5.74) is 1.25. The number of aliphatic imine (C=N–C) groups is 1. The monoisotopic (exact) mass is 536 g/mol. The number of thioether (sulfide) groups is 1. The summed E-state index contributed by atoms with van der Waals surface area (Å²) in [5, 5.41) is 0.513. The van der Waals surface area contributed by atoms with Gasteiger partial charge in [0.25, 0.3) is 5.91 Å². The molecule has 1 aliphatic heterocycles. The predicted octanol–water partition coefficient (Wildman–Crippen LogP) is 5.16. The lowest BCUT2D eigenvalue weighted by Gasteiger charge is -2.13. The van der Waals surface area contributed by atoms with E-state index in [1.54, 1.807) is 35.2 Å². The highest BCUT2D eigenvalue weighted by atomic mass is 79.9. The number of methoxy groups -OCH3 is 1. The number of amides is 1. The first-order chi connectivity index (χ1) is 15.9. The second-order valence-electron chi connectivity index (χ2n) is 6.65. The van der Waals surface area contributed by atoms with Gasteiger partial charge in [-0.25, -0.2) is 14.2 Å². The second-order valence-corrected chi connectivity index (χ2v) is 8.51. The molecule has 2 aromatic carbocycles. The van der Waals surface area contributed by atoms with Gasteiger partial charge in [-0.1, -0.05) is 15.9 Å². The fourth-order valence-corrected chi connectivity index (χ4v) is 4.37. The number of hydrogen-bond acceptors (Lipinski definition) is 7. The standard InChI is InChI=1S/C23H22BrFN2O5S/c1-4-27-22(29)20(33-23(27)26-16-8-6-15(25)7-9-16)11-14-10-18(31-5-2)19(12-17(14)24)32-13-21(28)30-3/h6-12H,4-5,13H2,1-3H3/b20-11+,26-23?. The average molecular weight is 537 g/mol. The lowest BCUT2D eigenvalue weighted by atomic mass is 10.2. The third-order valence-electron chi connectivity index (χ3n) is 4.48. The van der Waals surface area contributed by atoms with Crippen molar-refractivity contribution in [2.45, 2.75) is 13.8 Å². The number of carbonyl (C=O) groups excluding carboxylic acids is 2. The van der Waals surface area contributed by atoms with Crippen LogP contribution in [0, 0.1) is 5.82 Å². The third-order valence-corrected chi connectivity index (χ3v) is 6.17. The number of hydrogen-bond donors (Lipinski definition) is 0. The normalized spacial score (nSPS) is 15.9. The van der Waals surface area contributed by atoms with Crippen molar-refractivity contribution in [3.05, 3.63) is 57.2 Å². The highest BCUT2D eigenvalue weighted by Gasteiger charge is 2.32. The summed E-state index contributed by atoms with van der Waals surface area (Å²) in [5.74, 6) is -0.245. The molecule has 0 N–H and O–H groups in total. The van der Waals surface area contributed by atoms with Crippen molar-refractivity contribution in [1.82, 2.24) is 4.90 Å². The van der Waals surface area contributed by atoms with Gasteiger partial charge in [-0.3, -0.25) is 9.69 Å². The van der Waals surface area contributed by atoms with E-state index in [2.05, 4.69) is 25.7 Å². The van der Waals surface area contributed by atoms with Crippen LogP contribution in [0.3, 0.4) is 0 Å². The smallest absolute Gasteiger partial charge is 0.343 e. The van der Waals surface area contributed by atoms with Crippen LogP contribution < -0.4 is 9.47 Å². The van der Waals surface area contributed by atoms with Crippen molar-refractivity contribution in [3.8, 4) is 11.5 Å². The minimum absolute atomic E-state index is 0.181. The number of amidine groups is 1. The molecular formula is C23H22BrFN2O5S. The van der Waals surface area contributed by atoms with Gasteiger partial charge >= 0.3 is 5.97 Å². The number of benzene rings is 2. The molecule has 3 rings (SSSR count). The van der Waals surface area contributed by atoms with Crippen molar-refractivity contribution in [2.75, 3.05) is 26.9 Å². The molecule has 1 saturated heterocycles. The topological polar surface area (TPSA) is 77.4 Å². The predicted molar refractivity (Wildman–Crippen MR) is 129 cm³/mol. The Morgan fingerprint density at radius 1 is 1.18 bits per heavy atom. The van der Waals surface area contributed by atoms with Gasteiger partial charge in [-0.05, 0) is 73.6 Å². The van der Waals surface area contributed by atoms with Crippen molar-refractivity contribution in [1.29, 1.82) is 0 Å². The van der Waals surface area contributed by atoms with E-state index in [0.717, 1.165) is 0 Å². The van der Waals surface area contributed by atoms with Crippen LogP contribution in [0.1, 0.15) is 19.4 Å². The van der Waals surface area contributed by atoms with Gasteiger partial charge in [-0.15, -0.1) is 0 Å². The zero-order valence-electron chi connectivity index (χ0n) is 18.3. The first kappa shape index (κ1) is 24.8. The van der Waals surface area contributed by atoms with Crippen molar-refractivity contribution in [2.24, 2.45) is 4.99 Å². The minimum Gasteiger partial charge on any atom is -0.490 e. The average Bonchev–Trinajstić information content (AvgIpc) is 3.09. The van der Waals surface area contributed by atoms with Gasteiger partial charge < -0.3 is 14.2 Å². The first-order valence-corrected chi connectivity index (χ1v) is 11.7. The van der Waals surface area contributed by atoms with E-state index in [-0.39, 0.29) is 18.3 Å². The van der Waals surface area contributed by atoms with E-state index in [0.29, 0.717) is 50.4 Å². The molecule has 0 unspecified atom stereocenters. The third kappa shape index (κ3) is 6.14. The Balaban J connectivity index is 1.92. The Kier molecular flexibility index (Phi) is 8.51. The Labute approximate surface area is 203 Å². The van der Waals surface area contributed by atoms with Gasteiger partial charge in [0.15, 0.2) is 23.3 Å². The zero-order valence-corrected chi connectivity index (χ0v) is 20.7. The van der Waals surface area contributed by atoms with E-state index >= 15 is 0 Å². The van der Waals surface area contributed by atoms with E-state index in [1.807, 2.05) is 13.8 Å². The number of carbonyl (C=O) groups is 2.